The Labute approximate surface area is 121 Å². The van der Waals surface area contributed by atoms with E-state index in [1.165, 1.54) is 25.7 Å². The number of anilines is 1. The number of hydrogen-bond acceptors (Lipinski definition) is 5. The van der Waals surface area contributed by atoms with E-state index in [0.717, 1.165) is 24.1 Å². The number of nitrogens with two attached hydrogens (primary N) is 2. The molecular weight excluding hydrogens is 250 g/mol. The minimum absolute atomic E-state index is 0.00238. The predicted octanol–water partition coefficient (Wildman–Crippen LogP) is 1.82. The highest BCUT2D eigenvalue weighted by Crippen LogP contribution is 2.41. The highest BCUT2D eigenvalue weighted by molar-refractivity contribution is 5.47. The molecule has 0 bridgehead atoms. The van der Waals surface area contributed by atoms with Crippen LogP contribution in [-0.2, 0) is 0 Å². The molecule has 1 atom stereocenters. The molecular formula is C15H27N5. The molecule has 5 heteroatoms. The van der Waals surface area contributed by atoms with Gasteiger partial charge in [0.05, 0.1) is 6.04 Å². The van der Waals surface area contributed by atoms with Crippen molar-refractivity contribution in [2.24, 2.45) is 5.84 Å². The summed E-state index contributed by atoms with van der Waals surface area (Å²) >= 11 is 0. The fourth-order valence-electron chi connectivity index (χ4n) is 3.53. The lowest BCUT2D eigenvalue weighted by atomic mass is 9.78. The molecule has 1 aliphatic carbocycles. The first kappa shape index (κ1) is 15.2. The summed E-state index contributed by atoms with van der Waals surface area (Å²) in [5.74, 6) is 5.92. The van der Waals surface area contributed by atoms with Gasteiger partial charge in [0.1, 0.15) is 0 Å². The Hall–Kier alpha value is -1.17. The van der Waals surface area contributed by atoms with Gasteiger partial charge in [-0.3, -0.25) is 16.3 Å². The number of pyridine rings is 1. The third kappa shape index (κ3) is 2.80. The fraction of sp³-hybridized carbons (Fsp3) is 0.667. The van der Waals surface area contributed by atoms with E-state index in [0.29, 0.717) is 0 Å². The molecule has 5 nitrogen and oxygen atoms in total. The fourth-order valence-corrected chi connectivity index (χ4v) is 3.53. The van der Waals surface area contributed by atoms with Crippen LogP contribution in [0.2, 0.25) is 0 Å². The van der Waals surface area contributed by atoms with E-state index in [2.05, 4.69) is 29.4 Å². The summed E-state index contributed by atoms with van der Waals surface area (Å²) in [6, 6.07) is 1.85. The molecule has 0 amide bonds. The Balaban J connectivity index is 2.42. The number of hydrazine groups is 1. The van der Waals surface area contributed by atoms with Crippen molar-refractivity contribution in [3.05, 3.63) is 24.0 Å². The number of likely N-dealkylation sites (N-methyl/N-ethyl adjacent to an activating group) is 1. The smallest absolute Gasteiger partial charge is 0.0679 e. The average Bonchev–Trinajstić information content (AvgIpc) is 2.69. The number of nitrogens with one attached hydrogen (secondary N) is 1. The molecule has 20 heavy (non-hydrogen) atoms. The number of nitrogens with zero attached hydrogens (tertiary/aromatic N) is 2. The summed E-state index contributed by atoms with van der Waals surface area (Å²) in [5.41, 5.74) is 10.9. The van der Waals surface area contributed by atoms with Crippen molar-refractivity contribution in [3.63, 3.8) is 0 Å². The van der Waals surface area contributed by atoms with Gasteiger partial charge in [-0.25, -0.2) is 0 Å². The summed E-state index contributed by atoms with van der Waals surface area (Å²) in [7, 11) is 4.28. The van der Waals surface area contributed by atoms with Gasteiger partial charge in [0.2, 0.25) is 0 Å². The van der Waals surface area contributed by atoms with E-state index in [-0.39, 0.29) is 11.6 Å². The Kier molecular flexibility index (Phi) is 4.96. The van der Waals surface area contributed by atoms with Crippen molar-refractivity contribution in [1.82, 2.24) is 15.3 Å². The topological polar surface area (TPSA) is 80.2 Å². The molecule has 5 N–H and O–H groups in total. The van der Waals surface area contributed by atoms with Gasteiger partial charge in [-0.2, -0.15) is 0 Å². The SMILES string of the molecule is CN(C)C1(C(NN)c2cnccc2N)CCCCCC1. The third-order valence-electron chi connectivity index (χ3n) is 4.76. The van der Waals surface area contributed by atoms with Crippen LogP contribution in [0, 0.1) is 0 Å². The van der Waals surface area contributed by atoms with Crippen LogP contribution in [0.1, 0.15) is 50.1 Å². The highest BCUT2D eigenvalue weighted by atomic mass is 15.3. The van der Waals surface area contributed by atoms with E-state index >= 15 is 0 Å². The van der Waals surface area contributed by atoms with Crippen molar-refractivity contribution in [2.45, 2.75) is 50.1 Å². The Morgan fingerprint density at radius 1 is 1.25 bits per heavy atom. The van der Waals surface area contributed by atoms with Crippen molar-refractivity contribution < 1.29 is 0 Å². The van der Waals surface area contributed by atoms with Crippen LogP contribution in [0.5, 0.6) is 0 Å². The predicted molar refractivity (Wildman–Crippen MR) is 82.8 cm³/mol. The zero-order valence-electron chi connectivity index (χ0n) is 12.6. The second-order valence-corrected chi connectivity index (χ2v) is 6.02. The van der Waals surface area contributed by atoms with E-state index < -0.39 is 0 Å². The van der Waals surface area contributed by atoms with Crippen molar-refractivity contribution in [1.29, 1.82) is 0 Å². The second kappa shape index (κ2) is 6.52. The maximum Gasteiger partial charge on any atom is 0.0679 e. The van der Waals surface area contributed by atoms with Gasteiger partial charge < -0.3 is 10.6 Å². The zero-order chi connectivity index (χ0) is 14.6. The number of hydrogen-bond donors (Lipinski definition) is 3. The molecule has 0 radical (unpaired) electrons. The second-order valence-electron chi connectivity index (χ2n) is 6.02. The Bertz CT molecular complexity index is 424. The molecule has 0 saturated heterocycles. The first-order valence-electron chi connectivity index (χ1n) is 7.45. The quantitative estimate of drug-likeness (QED) is 0.444. The van der Waals surface area contributed by atoms with Crippen LogP contribution in [-0.4, -0.2) is 29.5 Å². The van der Waals surface area contributed by atoms with Crippen molar-refractivity contribution >= 4 is 5.69 Å². The summed E-state index contributed by atoms with van der Waals surface area (Å²) in [4.78, 5) is 6.54. The van der Waals surface area contributed by atoms with Crippen LogP contribution in [0.3, 0.4) is 0 Å². The highest BCUT2D eigenvalue weighted by Gasteiger charge is 2.42. The standard InChI is InChI=1S/C15H27N5/c1-20(2)15(8-5-3-4-6-9-15)14(19-17)12-11-18-10-7-13(12)16/h7,10-11,14,19H,3-6,8-9,17H2,1-2H3,(H2,16,18). The summed E-state index contributed by atoms with van der Waals surface area (Å²) in [6.07, 6.45) is 10.9. The summed E-state index contributed by atoms with van der Waals surface area (Å²) < 4.78 is 0. The van der Waals surface area contributed by atoms with Crippen molar-refractivity contribution in [3.8, 4) is 0 Å². The van der Waals surface area contributed by atoms with Crippen molar-refractivity contribution in [2.75, 3.05) is 19.8 Å². The van der Waals surface area contributed by atoms with Gasteiger partial charge in [0, 0.05) is 29.2 Å². The van der Waals surface area contributed by atoms with Crippen LogP contribution in [0.4, 0.5) is 5.69 Å². The summed E-state index contributed by atoms with van der Waals surface area (Å²) in [6.45, 7) is 0. The van der Waals surface area contributed by atoms with Gasteiger partial charge in [0.25, 0.3) is 0 Å². The van der Waals surface area contributed by atoms with E-state index in [9.17, 15) is 0 Å². The molecule has 1 fully saturated rings. The molecule has 112 valence electrons. The third-order valence-corrected chi connectivity index (χ3v) is 4.76. The number of aromatic nitrogens is 1. The first-order valence-corrected chi connectivity index (χ1v) is 7.45. The van der Waals surface area contributed by atoms with Crippen LogP contribution < -0.4 is 17.0 Å². The molecule has 0 spiro atoms. The number of nitrogen functional groups attached to an aromatic ring is 1. The molecule has 1 aromatic rings. The minimum Gasteiger partial charge on any atom is -0.398 e. The molecule has 1 unspecified atom stereocenters. The molecule has 1 aliphatic rings. The molecule has 1 saturated carbocycles. The van der Waals surface area contributed by atoms with E-state index in [1.54, 1.807) is 6.20 Å². The lowest BCUT2D eigenvalue weighted by molar-refractivity contribution is 0.0802. The van der Waals surface area contributed by atoms with Gasteiger partial charge in [-0.05, 0) is 33.0 Å². The lowest BCUT2D eigenvalue weighted by Crippen LogP contribution is -2.55. The van der Waals surface area contributed by atoms with Gasteiger partial charge in [-0.1, -0.05) is 25.7 Å². The molecule has 0 aromatic carbocycles. The maximum absolute atomic E-state index is 6.15. The van der Waals surface area contributed by atoms with Gasteiger partial charge in [-0.15, -0.1) is 0 Å². The molecule has 0 aliphatic heterocycles. The van der Waals surface area contributed by atoms with Crippen LogP contribution in [0.15, 0.2) is 18.5 Å². The monoisotopic (exact) mass is 277 g/mol. The van der Waals surface area contributed by atoms with E-state index in [4.69, 9.17) is 11.6 Å². The number of rotatable bonds is 4. The lowest BCUT2D eigenvalue weighted by Gasteiger charge is -2.46. The molecule has 1 heterocycles. The zero-order valence-corrected chi connectivity index (χ0v) is 12.6. The normalized spacial score (nSPS) is 20.6. The van der Waals surface area contributed by atoms with Gasteiger partial charge >= 0.3 is 0 Å². The minimum atomic E-state index is 0.00238. The maximum atomic E-state index is 6.15. The average molecular weight is 277 g/mol. The summed E-state index contributed by atoms with van der Waals surface area (Å²) in [5, 5.41) is 0. The molecule has 2 rings (SSSR count). The van der Waals surface area contributed by atoms with Gasteiger partial charge in [0.15, 0.2) is 0 Å². The molecule has 1 aromatic heterocycles. The van der Waals surface area contributed by atoms with Crippen LogP contribution in [0.25, 0.3) is 0 Å². The Morgan fingerprint density at radius 3 is 2.40 bits per heavy atom. The van der Waals surface area contributed by atoms with E-state index in [1.807, 2.05) is 12.3 Å². The largest absolute Gasteiger partial charge is 0.398 e. The first-order chi connectivity index (χ1) is 9.62. The van der Waals surface area contributed by atoms with Crippen LogP contribution >= 0.6 is 0 Å². The Morgan fingerprint density at radius 2 is 1.90 bits per heavy atom.